The normalized spacial score (nSPS) is 17.0. The highest BCUT2D eigenvalue weighted by Crippen LogP contribution is 2.31. The maximum Gasteiger partial charge on any atom is 0.344 e. The Morgan fingerprint density at radius 1 is 1.27 bits per heavy atom. The van der Waals surface area contributed by atoms with E-state index in [1.807, 2.05) is 0 Å². The zero-order valence-electron chi connectivity index (χ0n) is 7.98. The van der Waals surface area contributed by atoms with Gasteiger partial charge < -0.3 is 9.84 Å². The van der Waals surface area contributed by atoms with Gasteiger partial charge in [0.25, 0.3) is 0 Å². The lowest BCUT2D eigenvalue weighted by Crippen LogP contribution is -2.00. The number of carboxylic acids is 1. The van der Waals surface area contributed by atoms with Crippen LogP contribution in [0.1, 0.15) is 22.8 Å². The minimum absolute atomic E-state index is 0.0355. The molecule has 15 heavy (non-hydrogen) atoms. The van der Waals surface area contributed by atoms with E-state index in [-0.39, 0.29) is 11.3 Å². The van der Waals surface area contributed by atoms with E-state index < -0.39 is 11.9 Å². The van der Waals surface area contributed by atoms with Crippen LogP contribution >= 0.6 is 0 Å². The van der Waals surface area contributed by atoms with Crippen LogP contribution in [0.15, 0.2) is 29.8 Å². The number of esters is 1. The molecular weight excluding hydrogens is 196 g/mol. The van der Waals surface area contributed by atoms with Crippen molar-refractivity contribution in [1.29, 1.82) is 0 Å². The third kappa shape index (κ3) is 1.40. The molecular formula is C11H8O4. The Morgan fingerprint density at radius 3 is 2.47 bits per heavy atom. The molecule has 0 aliphatic carbocycles. The number of ether oxygens (including phenoxy) is 1. The molecule has 4 heteroatoms. The Labute approximate surface area is 85.8 Å². The average Bonchev–Trinajstić information content (AvgIpc) is 2.56. The molecule has 0 saturated carbocycles. The molecule has 0 fully saturated rings. The molecule has 0 spiro atoms. The first-order chi connectivity index (χ1) is 7.11. The second kappa shape index (κ2) is 3.24. The molecule has 0 amide bonds. The van der Waals surface area contributed by atoms with Gasteiger partial charge in [0.15, 0.2) is 0 Å². The number of aliphatic carboxylic acids is 1. The van der Waals surface area contributed by atoms with Crippen LogP contribution in [0.25, 0.3) is 5.76 Å². The van der Waals surface area contributed by atoms with Gasteiger partial charge in [-0.15, -0.1) is 0 Å². The van der Waals surface area contributed by atoms with Crippen molar-refractivity contribution < 1.29 is 19.4 Å². The van der Waals surface area contributed by atoms with Gasteiger partial charge in [-0.25, -0.2) is 9.59 Å². The molecule has 2 rings (SSSR count). The summed E-state index contributed by atoms with van der Waals surface area (Å²) in [6.07, 6.45) is 0. The van der Waals surface area contributed by atoms with E-state index in [2.05, 4.69) is 0 Å². The second-order valence-corrected chi connectivity index (χ2v) is 3.19. The molecule has 1 aliphatic heterocycles. The summed E-state index contributed by atoms with van der Waals surface area (Å²) < 4.78 is 4.91. The minimum Gasteiger partial charge on any atom is -0.478 e. The first-order valence-electron chi connectivity index (χ1n) is 4.37. The Hall–Kier alpha value is -2.10. The van der Waals surface area contributed by atoms with Crippen LogP contribution in [0.2, 0.25) is 0 Å². The number of carboxylic acid groups (broad SMARTS) is 1. The van der Waals surface area contributed by atoms with Crippen LogP contribution in [0.5, 0.6) is 0 Å². The maximum atomic E-state index is 11.4. The van der Waals surface area contributed by atoms with Crippen LogP contribution in [0.4, 0.5) is 0 Å². The van der Waals surface area contributed by atoms with Crippen molar-refractivity contribution in [3.05, 3.63) is 41.0 Å². The fraction of sp³-hybridized carbons (Fsp3) is 0.0909. The number of hydrogen-bond donors (Lipinski definition) is 1. The zero-order valence-corrected chi connectivity index (χ0v) is 7.98. The largest absolute Gasteiger partial charge is 0.478 e. The van der Waals surface area contributed by atoms with Crippen LogP contribution in [-0.4, -0.2) is 17.0 Å². The third-order valence-electron chi connectivity index (χ3n) is 2.25. The van der Waals surface area contributed by atoms with Gasteiger partial charge in [0.2, 0.25) is 0 Å². The summed E-state index contributed by atoms with van der Waals surface area (Å²) in [6, 6.07) is 6.72. The lowest BCUT2D eigenvalue weighted by Gasteiger charge is -2.00. The van der Waals surface area contributed by atoms with Gasteiger partial charge in [-0.1, -0.05) is 18.2 Å². The van der Waals surface area contributed by atoms with Gasteiger partial charge in [0.05, 0.1) is 11.1 Å². The van der Waals surface area contributed by atoms with Crippen molar-refractivity contribution in [2.24, 2.45) is 0 Å². The molecule has 1 N–H and O–H groups in total. The van der Waals surface area contributed by atoms with Gasteiger partial charge in [-0.05, 0) is 13.0 Å². The molecule has 0 saturated heterocycles. The molecule has 0 aromatic heterocycles. The quantitative estimate of drug-likeness (QED) is 0.558. The molecule has 4 nitrogen and oxygen atoms in total. The van der Waals surface area contributed by atoms with Gasteiger partial charge in [-0.3, -0.25) is 0 Å². The van der Waals surface area contributed by atoms with E-state index >= 15 is 0 Å². The smallest absolute Gasteiger partial charge is 0.344 e. The van der Waals surface area contributed by atoms with E-state index in [0.717, 1.165) is 0 Å². The van der Waals surface area contributed by atoms with E-state index in [1.165, 1.54) is 6.92 Å². The van der Waals surface area contributed by atoms with Crippen LogP contribution in [-0.2, 0) is 9.53 Å². The van der Waals surface area contributed by atoms with Gasteiger partial charge in [0, 0.05) is 5.56 Å². The molecule has 1 aromatic carbocycles. The molecule has 1 heterocycles. The number of fused-ring (bicyclic) bond motifs is 1. The monoisotopic (exact) mass is 204 g/mol. The minimum atomic E-state index is -1.09. The molecule has 0 atom stereocenters. The van der Waals surface area contributed by atoms with Crippen LogP contribution < -0.4 is 0 Å². The predicted molar refractivity (Wildman–Crippen MR) is 52.1 cm³/mol. The first-order valence-corrected chi connectivity index (χ1v) is 4.37. The van der Waals surface area contributed by atoms with Crippen molar-refractivity contribution in [2.75, 3.05) is 0 Å². The number of hydrogen-bond acceptors (Lipinski definition) is 3. The lowest BCUT2D eigenvalue weighted by atomic mass is 10.1. The van der Waals surface area contributed by atoms with Gasteiger partial charge >= 0.3 is 11.9 Å². The van der Waals surface area contributed by atoms with Crippen LogP contribution in [0, 0.1) is 0 Å². The van der Waals surface area contributed by atoms with Gasteiger partial charge in [-0.2, -0.15) is 0 Å². The topological polar surface area (TPSA) is 63.6 Å². The summed E-state index contributed by atoms with van der Waals surface area (Å²) in [4.78, 5) is 22.1. The fourth-order valence-corrected chi connectivity index (χ4v) is 1.44. The van der Waals surface area contributed by atoms with Crippen LogP contribution in [0.3, 0.4) is 0 Å². The predicted octanol–water partition coefficient (Wildman–Crippen LogP) is 1.67. The average molecular weight is 204 g/mol. The SMILES string of the molecule is C/C(C(=O)O)=C1\OC(=O)c2ccccc21. The zero-order chi connectivity index (χ0) is 11.0. The highest BCUT2D eigenvalue weighted by atomic mass is 16.5. The van der Waals surface area contributed by atoms with E-state index in [1.54, 1.807) is 24.3 Å². The number of cyclic esters (lactones) is 1. The maximum absolute atomic E-state index is 11.4. The number of benzene rings is 1. The summed E-state index contributed by atoms with van der Waals surface area (Å²) >= 11 is 0. The standard InChI is InChI=1S/C11H8O4/c1-6(10(12)13)9-7-4-2-3-5-8(7)11(14)15-9/h2-5H,1H3,(H,12,13)/b9-6+. The highest BCUT2D eigenvalue weighted by Gasteiger charge is 2.28. The van der Waals surface area contributed by atoms with Crippen molar-refractivity contribution in [2.45, 2.75) is 6.92 Å². The first kappa shape index (κ1) is 9.45. The van der Waals surface area contributed by atoms with Crippen molar-refractivity contribution in [1.82, 2.24) is 0 Å². The van der Waals surface area contributed by atoms with E-state index in [9.17, 15) is 9.59 Å². The summed E-state index contributed by atoms with van der Waals surface area (Å²) in [6.45, 7) is 1.41. The second-order valence-electron chi connectivity index (χ2n) is 3.19. The van der Waals surface area contributed by atoms with Gasteiger partial charge in [0.1, 0.15) is 5.76 Å². The number of rotatable bonds is 1. The molecule has 0 radical (unpaired) electrons. The Bertz CT molecular complexity index is 485. The summed E-state index contributed by atoms with van der Waals surface area (Å²) in [5, 5.41) is 8.81. The summed E-state index contributed by atoms with van der Waals surface area (Å²) in [5.41, 5.74) is 0.990. The molecule has 76 valence electrons. The van der Waals surface area contributed by atoms with E-state index in [4.69, 9.17) is 9.84 Å². The molecule has 1 aliphatic rings. The summed E-state index contributed by atoms with van der Waals surface area (Å²) in [5.74, 6) is -1.45. The molecule has 0 bridgehead atoms. The Morgan fingerprint density at radius 2 is 1.87 bits per heavy atom. The molecule has 1 aromatic rings. The Balaban J connectivity index is 2.64. The number of carbonyl (C=O) groups is 2. The highest BCUT2D eigenvalue weighted by molar-refractivity contribution is 6.07. The van der Waals surface area contributed by atoms with Crippen molar-refractivity contribution >= 4 is 17.7 Å². The summed E-state index contributed by atoms with van der Waals surface area (Å²) in [7, 11) is 0. The van der Waals surface area contributed by atoms with Crippen molar-refractivity contribution in [3.63, 3.8) is 0 Å². The lowest BCUT2D eigenvalue weighted by molar-refractivity contribution is -0.132. The Kier molecular flexibility index (Phi) is 2.04. The van der Waals surface area contributed by atoms with Crippen molar-refractivity contribution in [3.8, 4) is 0 Å². The third-order valence-corrected chi connectivity index (χ3v) is 2.25. The fourth-order valence-electron chi connectivity index (χ4n) is 1.44. The molecule has 0 unspecified atom stereocenters. The number of carbonyl (C=O) groups excluding carboxylic acids is 1. The van der Waals surface area contributed by atoms with E-state index in [0.29, 0.717) is 11.1 Å².